The molecule has 2 N–H and O–H groups in total. The van der Waals surface area contributed by atoms with Crippen LogP contribution in [0.5, 0.6) is 11.5 Å². The van der Waals surface area contributed by atoms with E-state index in [2.05, 4.69) is 43.3 Å². The van der Waals surface area contributed by atoms with E-state index in [-0.39, 0.29) is 0 Å². The second kappa shape index (κ2) is 7.92. The SMILES string of the molecule is CCCC1[C@H](c2ccccc2)Cc2c(ccc(OC)c2OC)[C@@H]1CN. The fourth-order valence-corrected chi connectivity index (χ4v) is 4.55. The number of fused-ring (bicyclic) bond motifs is 1. The lowest BCUT2D eigenvalue weighted by Crippen LogP contribution is -2.33. The Kier molecular flexibility index (Phi) is 5.64. The van der Waals surface area contributed by atoms with Crippen molar-refractivity contribution >= 4 is 0 Å². The van der Waals surface area contributed by atoms with Gasteiger partial charge in [-0.05, 0) is 54.3 Å². The third-order valence-electron chi connectivity index (χ3n) is 5.65. The van der Waals surface area contributed by atoms with Gasteiger partial charge in [-0.3, -0.25) is 0 Å². The normalized spacial score (nSPS) is 22.3. The molecule has 0 saturated heterocycles. The van der Waals surface area contributed by atoms with E-state index < -0.39 is 0 Å². The van der Waals surface area contributed by atoms with Gasteiger partial charge in [-0.15, -0.1) is 0 Å². The van der Waals surface area contributed by atoms with Gasteiger partial charge in [0, 0.05) is 5.56 Å². The van der Waals surface area contributed by atoms with Gasteiger partial charge in [-0.1, -0.05) is 49.7 Å². The van der Waals surface area contributed by atoms with Gasteiger partial charge < -0.3 is 15.2 Å². The van der Waals surface area contributed by atoms with E-state index in [4.69, 9.17) is 15.2 Å². The Bertz CT molecular complexity index is 699. The Labute approximate surface area is 151 Å². The molecule has 1 unspecified atom stereocenters. The molecule has 0 amide bonds. The van der Waals surface area contributed by atoms with Crippen LogP contribution < -0.4 is 15.2 Å². The molecule has 0 aromatic heterocycles. The van der Waals surface area contributed by atoms with Crippen molar-refractivity contribution in [3.63, 3.8) is 0 Å². The number of rotatable bonds is 6. The maximum Gasteiger partial charge on any atom is 0.164 e. The molecule has 0 saturated carbocycles. The number of benzene rings is 2. The number of hydrogen-bond donors (Lipinski definition) is 1. The first kappa shape index (κ1) is 17.8. The third-order valence-corrected chi connectivity index (χ3v) is 5.65. The van der Waals surface area contributed by atoms with E-state index >= 15 is 0 Å². The molecule has 0 aliphatic heterocycles. The zero-order chi connectivity index (χ0) is 17.8. The van der Waals surface area contributed by atoms with Crippen LogP contribution in [-0.2, 0) is 6.42 Å². The Morgan fingerprint density at radius 3 is 2.40 bits per heavy atom. The summed E-state index contributed by atoms with van der Waals surface area (Å²) in [5.41, 5.74) is 10.3. The summed E-state index contributed by atoms with van der Waals surface area (Å²) in [7, 11) is 3.42. The lowest BCUT2D eigenvalue weighted by atomic mass is 9.65. The van der Waals surface area contributed by atoms with Crippen LogP contribution in [-0.4, -0.2) is 20.8 Å². The fourth-order valence-electron chi connectivity index (χ4n) is 4.55. The van der Waals surface area contributed by atoms with Crippen molar-refractivity contribution < 1.29 is 9.47 Å². The van der Waals surface area contributed by atoms with Crippen molar-refractivity contribution in [2.75, 3.05) is 20.8 Å². The highest BCUT2D eigenvalue weighted by atomic mass is 16.5. The molecule has 134 valence electrons. The molecule has 1 aliphatic rings. The van der Waals surface area contributed by atoms with Crippen molar-refractivity contribution in [3.8, 4) is 11.5 Å². The van der Waals surface area contributed by atoms with Crippen LogP contribution in [0.4, 0.5) is 0 Å². The summed E-state index contributed by atoms with van der Waals surface area (Å²) in [6.45, 7) is 2.93. The summed E-state index contributed by atoms with van der Waals surface area (Å²) in [4.78, 5) is 0. The maximum absolute atomic E-state index is 6.27. The summed E-state index contributed by atoms with van der Waals surface area (Å²) in [5.74, 6) is 3.05. The van der Waals surface area contributed by atoms with Crippen molar-refractivity contribution in [2.45, 2.75) is 38.0 Å². The van der Waals surface area contributed by atoms with Crippen LogP contribution in [0.3, 0.4) is 0 Å². The minimum absolute atomic E-state index is 0.355. The smallest absolute Gasteiger partial charge is 0.164 e. The molecule has 3 heteroatoms. The van der Waals surface area contributed by atoms with Crippen molar-refractivity contribution in [1.29, 1.82) is 0 Å². The molecule has 2 aromatic rings. The molecule has 0 bridgehead atoms. The minimum atomic E-state index is 0.355. The topological polar surface area (TPSA) is 44.5 Å². The molecule has 0 fully saturated rings. The first-order valence-corrected chi connectivity index (χ1v) is 9.23. The van der Waals surface area contributed by atoms with E-state index in [1.807, 2.05) is 6.07 Å². The van der Waals surface area contributed by atoms with Crippen molar-refractivity contribution in [2.24, 2.45) is 11.7 Å². The number of hydrogen-bond acceptors (Lipinski definition) is 3. The van der Waals surface area contributed by atoms with E-state index in [0.717, 1.165) is 17.9 Å². The second-order valence-corrected chi connectivity index (χ2v) is 6.88. The zero-order valence-corrected chi connectivity index (χ0v) is 15.5. The molecule has 0 spiro atoms. The average Bonchev–Trinajstić information content (AvgIpc) is 2.67. The van der Waals surface area contributed by atoms with Gasteiger partial charge in [-0.2, -0.15) is 0 Å². The standard InChI is InChI=1S/C22H29NO2/c1-4-8-16-18(15-9-6-5-7-10-15)13-19-17(20(16)14-23)11-12-21(24-2)22(19)25-3/h5-7,9-12,16,18,20H,4,8,13-14,23H2,1-3H3/t16?,18-,20+/m0/s1. The quantitative estimate of drug-likeness (QED) is 0.842. The summed E-state index contributed by atoms with van der Waals surface area (Å²) in [6, 6.07) is 15.1. The lowest BCUT2D eigenvalue weighted by molar-refractivity contribution is 0.293. The van der Waals surface area contributed by atoms with Crippen LogP contribution in [0.25, 0.3) is 0 Å². The average molecular weight is 339 g/mol. The number of nitrogens with two attached hydrogens (primary N) is 1. The van der Waals surface area contributed by atoms with Gasteiger partial charge in [0.2, 0.25) is 0 Å². The van der Waals surface area contributed by atoms with Gasteiger partial charge in [0.25, 0.3) is 0 Å². The van der Waals surface area contributed by atoms with Crippen LogP contribution >= 0.6 is 0 Å². The van der Waals surface area contributed by atoms with Gasteiger partial charge in [0.1, 0.15) is 0 Å². The van der Waals surface area contributed by atoms with Crippen LogP contribution in [0.15, 0.2) is 42.5 Å². The third kappa shape index (κ3) is 3.25. The van der Waals surface area contributed by atoms with Crippen LogP contribution in [0.1, 0.15) is 48.3 Å². The molecule has 0 heterocycles. The molecule has 1 aliphatic carbocycles. The van der Waals surface area contributed by atoms with E-state index in [1.54, 1.807) is 14.2 Å². The van der Waals surface area contributed by atoms with Gasteiger partial charge in [-0.25, -0.2) is 0 Å². The summed E-state index contributed by atoms with van der Waals surface area (Å²) in [5, 5.41) is 0. The Morgan fingerprint density at radius 1 is 1.04 bits per heavy atom. The summed E-state index contributed by atoms with van der Waals surface area (Å²) >= 11 is 0. The fraction of sp³-hybridized carbons (Fsp3) is 0.455. The van der Waals surface area contributed by atoms with Crippen molar-refractivity contribution in [3.05, 3.63) is 59.2 Å². The molecule has 3 atom stereocenters. The van der Waals surface area contributed by atoms with Crippen molar-refractivity contribution in [1.82, 2.24) is 0 Å². The Balaban J connectivity index is 2.14. The van der Waals surface area contributed by atoms with Crippen LogP contribution in [0, 0.1) is 5.92 Å². The monoisotopic (exact) mass is 339 g/mol. The first-order chi connectivity index (χ1) is 12.2. The predicted molar refractivity (Wildman–Crippen MR) is 103 cm³/mol. The number of methoxy groups -OCH3 is 2. The van der Waals surface area contributed by atoms with Gasteiger partial charge in [0.15, 0.2) is 11.5 Å². The lowest BCUT2D eigenvalue weighted by Gasteiger charge is -2.40. The summed E-state index contributed by atoms with van der Waals surface area (Å²) < 4.78 is 11.3. The highest BCUT2D eigenvalue weighted by Gasteiger charge is 2.38. The molecular weight excluding hydrogens is 310 g/mol. The molecule has 2 aromatic carbocycles. The highest BCUT2D eigenvalue weighted by Crippen LogP contribution is 2.50. The minimum Gasteiger partial charge on any atom is -0.493 e. The Hall–Kier alpha value is -2.00. The molecule has 0 radical (unpaired) electrons. The van der Waals surface area contributed by atoms with Gasteiger partial charge >= 0.3 is 0 Å². The highest BCUT2D eigenvalue weighted by molar-refractivity contribution is 5.54. The van der Waals surface area contributed by atoms with Crippen LogP contribution in [0.2, 0.25) is 0 Å². The zero-order valence-electron chi connectivity index (χ0n) is 15.5. The first-order valence-electron chi connectivity index (χ1n) is 9.23. The maximum atomic E-state index is 6.27. The molecule has 3 rings (SSSR count). The van der Waals surface area contributed by atoms with E-state index in [9.17, 15) is 0 Å². The van der Waals surface area contributed by atoms with E-state index in [1.165, 1.54) is 29.5 Å². The molecular formula is C22H29NO2. The molecule has 25 heavy (non-hydrogen) atoms. The number of ether oxygens (including phenoxy) is 2. The largest absolute Gasteiger partial charge is 0.493 e. The molecule has 3 nitrogen and oxygen atoms in total. The summed E-state index contributed by atoms with van der Waals surface area (Å²) in [6.07, 6.45) is 3.34. The predicted octanol–water partition coefficient (Wildman–Crippen LogP) is 4.50. The Morgan fingerprint density at radius 2 is 1.80 bits per heavy atom. The van der Waals surface area contributed by atoms with E-state index in [0.29, 0.717) is 24.3 Å². The van der Waals surface area contributed by atoms with Gasteiger partial charge in [0.05, 0.1) is 14.2 Å². The second-order valence-electron chi connectivity index (χ2n) is 6.88.